The van der Waals surface area contributed by atoms with E-state index in [1.807, 2.05) is 0 Å². The van der Waals surface area contributed by atoms with Crippen molar-refractivity contribution < 1.29 is 68.4 Å². The van der Waals surface area contributed by atoms with E-state index in [1.165, 1.54) is 24.4 Å². The summed E-state index contributed by atoms with van der Waals surface area (Å²) in [6, 6.07) is 3.38. The topological polar surface area (TPSA) is 117 Å². The average molecular weight is 768 g/mol. The molecule has 290 valence electrons. The molecule has 4 unspecified atom stereocenters. The predicted molar refractivity (Wildman–Crippen MR) is 172 cm³/mol. The molecule has 0 spiro atoms. The molecule has 4 aromatic rings. The number of halogens is 10. The summed E-state index contributed by atoms with van der Waals surface area (Å²) in [6.07, 6.45) is -15.9. The second-order valence-electron chi connectivity index (χ2n) is 13.7. The van der Waals surface area contributed by atoms with Crippen molar-refractivity contribution in [2.24, 2.45) is 0 Å². The average Bonchev–Trinajstić information content (AvgIpc) is 3.52. The van der Waals surface area contributed by atoms with E-state index in [2.05, 4.69) is 15.5 Å². The zero-order chi connectivity index (χ0) is 39.9. The number of carbonyl (C=O) groups excluding carboxylic acids is 1. The van der Waals surface area contributed by atoms with Crippen LogP contribution in [0.4, 0.5) is 49.6 Å². The Balaban J connectivity index is 2.06. The molecule has 1 aromatic heterocycles. The van der Waals surface area contributed by atoms with Crippen LogP contribution >= 0.6 is 0 Å². The molecule has 18 heteroatoms. The van der Waals surface area contributed by atoms with Crippen LogP contribution in [-0.4, -0.2) is 70.5 Å². The summed E-state index contributed by atoms with van der Waals surface area (Å²) in [5.74, 6) is -7.01. The maximum Gasteiger partial charge on any atom is 0.424 e. The number of H-pyrrole nitrogens is 1. The van der Waals surface area contributed by atoms with Crippen molar-refractivity contribution in [1.82, 2.24) is 10.2 Å². The lowest BCUT2D eigenvalue weighted by Crippen LogP contribution is -2.62. The lowest BCUT2D eigenvalue weighted by Gasteiger charge is -2.47. The Morgan fingerprint density at radius 1 is 0.830 bits per heavy atom. The number of ether oxygens (including phenoxy) is 2. The van der Waals surface area contributed by atoms with Crippen molar-refractivity contribution in [3.8, 4) is 11.5 Å². The summed E-state index contributed by atoms with van der Waals surface area (Å²) in [5, 5.41) is 31.8. The number of rotatable bonds is 14. The molecule has 4 N–H and O–H groups in total. The first-order chi connectivity index (χ1) is 24.4. The van der Waals surface area contributed by atoms with Crippen LogP contribution in [0.15, 0.2) is 48.7 Å². The maximum absolute atomic E-state index is 15.6. The van der Waals surface area contributed by atoms with Gasteiger partial charge < -0.3 is 25.0 Å². The first-order valence-electron chi connectivity index (χ1n) is 15.7. The molecule has 0 radical (unpaired) electrons. The van der Waals surface area contributed by atoms with Crippen molar-refractivity contribution in [2.45, 2.75) is 80.5 Å². The number of aromatic amines is 1. The van der Waals surface area contributed by atoms with Gasteiger partial charge >= 0.3 is 12.4 Å². The fourth-order valence-electron chi connectivity index (χ4n) is 6.83. The van der Waals surface area contributed by atoms with Gasteiger partial charge in [0, 0.05) is 46.2 Å². The van der Waals surface area contributed by atoms with Crippen LogP contribution < -0.4 is 14.8 Å². The molecule has 0 amide bonds. The Hall–Kier alpha value is -4.58. The Kier molecular flexibility index (Phi) is 11.1. The number of carbonyl (C=O) groups is 1. The molecule has 0 fully saturated rings. The number of fused-ring (bicyclic) bond motifs is 1. The SMILES string of the molecule is COc1c(F)cc(F)cc1C(C)(C)CC(O)(C(CC(C)(CC(O)(C=O)C(F)(F)F)c1cc(F)cc(F)c1OC)Nc1cccc2[nH]ncc12)C(F)(F)F. The molecule has 8 nitrogen and oxygen atoms in total. The van der Waals surface area contributed by atoms with Gasteiger partial charge in [0.2, 0.25) is 5.60 Å². The van der Waals surface area contributed by atoms with Crippen LogP contribution in [0.5, 0.6) is 11.5 Å². The zero-order valence-corrected chi connectivity index (χ0v) is 28.7. The summed E-state index contributed by atoms with van der Waals surface area (Å²) in [5.41, 5.74) is -14.4. The van der Waals surface area contributed by atoms with Gasteiger partial charge in [-0.2, -0.15) is 31.4 Å². The molecular weight excluding hydrogens is 732 g/mol. The molecule has 0 aliphatic rings. The number of anilines is 1. The maximum atomic E-state index is 15.6. The Morgan fingerprint density at radius 3 is 1.89 bits per heavy atom. The van der Waals surface area contributed by atoms with Crippen molar-refractivity contribution in [2.75, 3.05) is 19.5 Å². The molecule has 0 aliphatic carbocycles. The van der Waals surface area contributed by atoms with Crippen molar-refractivity contribution >= 4 is 22.9 Å². The van der Waals surface area contributed by atoms with E-state index >= 15 is 17.6 Å². The number of aromatic nitrogens is 2. The lowest BCUT2D eigenvalue weighted by molar-refractivity contribution is -0.275. The standard InChI is InChI=1S/C35H35F10N3O5/c1-30(2,21-9-18(36)11-23(38)28(21)52-4)15-33(51,35(43,44)45)27(47-25-7-6-8-26-20(25)14-46-48-26)13-31(3,16-32(50,17-49)34(40,41)42)22-10-19(37)12-24(39)29(22)53-5/h6-12,14,17,27,47,50-51H,13,15-16H2,1-5H3,(H,46,48). The number of aliphatic hydroxyl groups is 2. The molecule has 0 aliphatic heterocycles. The van der Waals surface area contributed by atoms with Gasteiger partial charge in [-0.15, -0.1) is 0 Å². The molecule has 0 saturated heterocycles. The van der Waals surface area contributed by atoms with Crippen molar-refractivity contribution in [3.05, 3.63) is 83.1 Å². The second kappa shape index (κ2) is 14.3. The van der Waals surface area contributed by atoms with Crippen LogP contribution in [0.25, 0.3) is 10.9 Å². The Bertz CT molecular complexity index is 1970. The Labute approximate surface area is 296 Å². The molecule has 4 atom stereocenters. The highest BCUT2D eigenvalue weighted by Crippen LogP contribution is 2.52. The molecule has 3 aromatic carbocycles. The highest BCUT2D eigenvalue weighted by molar-refractivity contribution is 5.91. The van der Waals surface area contributed by atoms with Crippen LogP contribution in [0.2, 0.25) is 0 Å². The van der Waals surface area contributed by atoms with E-state index in [1.54, 1.807) is 0 Å². The third-order valence-corrected chi connectivity index (χ3v) is 9.40. The quantitative estimate of drug-likeness (QED) is 0.0765. The highest BCUT2D eigenvalue weighted by Gasteiger charge is 2.64. The van der Waals surface area contributed by atoms with Gasteiger partial charge in [-0.1, -0.05) is 26.8 Å². The third-order valence-electron chi connectivity index (χ3n) is 9.40. The monoisotopic (exact) mass is 767 g/mol. The largest absolute Gasteiger partial charge is 0.493 e. The fraction of sp³-hybridized carbons (Fsp3) is 0.429. The minimum atomic E-state index is -5.76. The van der Waals surface area contributed by atoms with E-state index in [0.29, 0.717) is 18.2 Å². The number of hydrogen-bond donors (Lipinski definition) is 4. The summed E-state index contributed by atoms with van der Waals surface area (Å²) >= 11 is 0. The molecule has 0 bridgehead atoms. The molecule has 4 rings (SSSR count). The van der Waals surface area contributed by atoms with Gasteiger partial charge in [-0.05, 0) is 42.5 Å². The van der Waals surface area contributed by atoms with Gasteiger partial charge in [-0.25, -0.2) is 17.6 Å². The first-order valence-corrected chi connectivity index (χ1v) is 15.7. The fourth-order valence-corrected chi connectivity index (χ4v) is 6.83. The minimum absolute atomic E-state index is 0.130. The lowest BCUT2D eigenvalue weighted by atomic mass is 9.65. The number of hydrogen-bond acceptors (Lipinski definition) is 7. The third kappa shape index (κ3) is 7.88. The second-order valence-corrected chi connectivity index (χ2v) is 13.7. The van der Waals surface area contributed by atoms with Gasteiger partial charge in [-0.3, -0.25) is 9.89 Å². The van der Waals surface area contributed by atoms with Crippen LogP contribution in [0.1, 0.15) is 51.2 Å². The molecule has 0 saturated carbocycles. The number of aldehydes is 1. The molecule has 1 heterocycles. The Morgan fingerprint density at radius 2 is 1.38 bits per heavy atom. The van der Waals surface area contributed by atoms with Gasteiger partial charge in [0.05, 0.1) is 32.0 Å². The normalized spacial score (nSPS) is 16.7. The number of alkyl halides is 6. The van der Waals surface area contributed by atoms with Gasteiger partial charge in [0.25, 0.3) is 0 Å². The summed E-state index contributed by atoms with van der Waals surface area (Å²) in [7, 11) is 1.80. The number of benzene rings is 3. The van der Waals surface area contributed by atoms with E-state index in [0.717, 1.165) is 35.0 Å². The molecular formula is C35H35F10N3O5. The van der Waals surface area contributed by atoms with E-state index in [-0.39, 0.29) is 22.7 Å². The van der Waals surface area contributed by atoms with Crippen LogP contribution in [0.3, 0.4) is 0 Å². The van der Waals surface area contributed by atoms with Crippen LogP contribution in [0, 0.1) is 23.3 Å². The van der Waals surface area contributed by atoms with Crippen molar-refractivity contribution in [3.63, 3.8) is 0 Å². The van der Waals surface area contributed by atoms with E-state index in [4.69, 9.17) is 9.47 Å². The number of nitrogens with one attached hydrogen (secondary N) is 2. The number of nitrogens with zero attached hydrogens (tertiary/aromatic N) is 1. The minimum Gasteiger partial charge on any atom is -0.493 e. The molecule has 53 heavy (non-hydrogen) atoms. The zero-order valence-electron chi connectivity index (χ0n) is 28.7. The first kappa shape index (κ1) is 41.2. The van der Waals surface area contributed by atoms with E-state index < -0.39 is 112 Å². The van der Waals surface area contributed by atoms with Gasteiger partial charge in [0.1, 0.15) is 11.6 Å². The summed E-state index contributed by atoms with van der Waals surface area (Å²) < 4.78 is 159. The van der Waals surface area contributed by atoms with Gasteiger partial charge in [0.15, 0.2) is 35.0 Å². The number of methoxy groups -OCH3 is 2. The van der Waals surface area contributed by atoms with Crippen LogP contribution in [-0.2, 0) is 15.6 Å². The smallest absolute Gasteiger partial charge is 0.424 e. The van der Waals surface area contributed by atoms with Crippen molar-refractivity contribution in [1.29, 1.82) is 0 Å². The van der Waals surface area contributed by atoms with E-state index in [9.17, 15) is 41.4 Å². The highest BCUT2D eigenvalue weighted by atomic mass is 19.4. The summed E-state index contributed by atoms with van der Waals surface area (Å²) in [6.45, 7) is 2.98. The predicted octanol–water partition coefficient (Wildman–Crippen LogP) is 7.81. The summed E-state index contributed by atoms with van der Waals surface area (Å²) in [4.78, 5) is 11.9.